The highest BCUT2D eigenvalue weighted by atomic mass is 32.1. The van der Waals surface area contributed by atoms with E-state index in [1.54, 1.807) is 0 Å². The van der Waals surface area contributed by atoms with Gasteiger partial charge in [-0.1, -0.05) is 140 Å². The molecule has 0 amide bonds. The van der Waals surface area contributed by atoms with Crippen LogP contribution in [0.2, 0.25) is 0 Å². The first-order valence-corrected chi connectivity index (χ1v) is 20.8. The summed E-state index contributed by atoms with van der Waals surface area (Å²) in [4.78, 5) is 4.84. The molecular weight excluding hydrogens is 721 g/mol. The van der Waals surface area contributed by atoms with E-state index in [-0.39, 0.29) is 0 Å². The first kappa shape index (κ1) is 33.0. The molecule has 2 aliphatic carbocycles. The van der Waals surface area contributed by atoms with E-state index in [0.717, 1.165) is 28.4 Å². The van der Waals surface area contributed by atoms with Crippen molar-refractivity contribution in [2.45, 2.75) is 5.41 Å². The Morgan fingerprint density at radius 2 is 0.810 bits per heavy atom. The van der Waals surface area contributed by atoms with Gasteiger partial charge in [0.25, 0.3) is 0 Å². The Morgan fingerprint density at radius 1 is 0.310 bits per heavy atom. The monoisotopic (exact) mass is 756 g/mol. The average Bonchev–Trinajstić information content (AvgIpc) is 3.92. The van der Waals surface area contributed by atoms with Crippen molar-refractivity contribution in [2.24, 2.45) is 0 Å². The number of benzene rings is 9. The predicted octanol–water partition coefficient (Wildman–Crippen LogP) is 15.3. The van der Waals surface area contributed by atoms with E-state index in [9.17, 15) is 0 Å². The summed E-state index contributed by atoms with van der Waals surface area (Å²) in [6.07, 6.45) is 0. The Balaban J connectivity index is 1.11. The van der Waals surface area contributed by atoms with Crippen LogP contribution in [0.3, 0.4) is 0 Å². The Kier molecular flexibility index (Phi) is 7.35. The van der Waals surface area contributed by atoms with Gasteiger partial charge in [-0.25, -0.2) is 0 Å². The van der Waals surface area contributed by atoms with Gasteiger partial charge < -0.3 is 9.80 Å². The lowest BCUT2D eigenvalue weighted by Crippen LogP contribution is -2.26. The molecule has 10 aromatic rings. The molecule has 272 valence electrons. The van der Waals surface area contributed by atoms with Gasteiger partial charge in [-0.2, -0.15) is 0 Å². The van der Waals surface area contributed by atoms with E-state index >= 15 is 0 Å². The Labute approximate surface area is 342 Å². The van der Waals surface area contributed by atoms with Crippen LogP contribution in [0.5, 0.6) is 0 Å². The van der Waals surface area contributed by atoms with E-state index in [1.807, 2.05) is 11.3 Å². The number of nitrogens with zero attached hydrogens (tertiary/aromatic N) is 2. The number of rotatable bonds is 6. The summed E-state index contributed by atoms with van der Waals surface area (Å²) in [7, 11) is 0. The quantitative estimate of drug-likeness (QED) is 0.167. The Hall–Kier alpha value is -7.20. The van der Waals surface area contributed by atoms with Crippen LogP contribution in [0.1, 0.15) is 22.3 Å². The van der Waals surface area contributed by atoms with Crippen molar-refractivity contribution in [2.75, 3.05) is 9.80 Å². The summed E-state index contributed by atoms with van der Waals surface area (Å²) in [6.45, 7) is 0. The van der Waals surface area contributed by atoms with E-state index in [4.69, 9.17) is 0 Å². The molecule has 2 nitrogen and oxygen atoms in total. The summed E-state index contributed by atoms with van der Waals surface area (Å²) in [5.41, 5.74) is 16.8. The molecule has 0 saturated carbocycles. The van der Waals surface area contributed by atoms with Gasteiger partial charge in [0.2, 0.25) is 0 Å². The number of para-hydroxylation sites is 3. The highest BCUT2D eigenvalue weighted by Crippen LogP contribution is 2.64. The topological polar surface area (TPSA) is 6.48 Å². The van der Waals surface area contributed by atoms with Crippen LogP contribution in [-0.4, -0.2) is 0 Å². The Morgan fingerprint density at radius 3 is 1.50 bits per heavy atom. The summed E-state index contributed by atoms with van der Waals surface area (Å²) < 4.78 is 2.60. The summed E-state index contributed by atoms with van der Waals surface area (Å²) in [5, 5.41) is 2.58. The third kappa shape index (κ3) is 4.71. The molecule has 9 aromatic carbocycles. The average molecular weight is 757 g/mol. The van der Waals surface area contributed by atoms with Crippen molar-refractivity contribution in [3.63, 3.8) is 0 Å². The smallest absolute Gasteiger partial charge is 0.0726 e. The molecule has 1 atom stereocenters. The second kappa shape index (κ2) is 12.9. The van der Waals surface area contributed by atoms with Crippen molar-refractivity contribution >= 4 is 65.6 Å². The minimum absolute atomic E-state index is 0.493. The largest absolute Gasteiger partial charge is 0.310 e. The molecule has 1 unspecified atom stereocenters. The third-order valence-corrected chi connectivity index (χ3v) is 13.4. The van der Waals surface area contributed by atoms with Crippen LogP contribution < -0.4 is 9.80 Å². The van der Waals surface area contributed by atoms with Gasteiger partial charge in [0.15, 0.2) is 0 Å². The summed E-state index contributed by atoms with van der Waals surface area (Å²) >= 11 is 1.86. The van der Waals surface area contributed by atoms with Crippen LogP contribution in [0, 0.1) is 0 Å². The van der Waals surface area contributed by atoms with Gasteiger partial charge in [-0.05, 0) is 123 Å². The van der Waals surface area contributed by atoms with E-state index in [0.29, 0.717) is 0 Å². The highest BCUT2D eigenvalue weighted by Gasteiger charge is 2.52. The van der Waals surface area contributed by atoms with Gasteiger partial charge in [-0.3, -0.25) is 0 Å². The second-order valence-corrected chi connectivity index (χ2v) is 16.3. The predicted molar refractivity (Wildman–Crippen MR) is 245 cm³/mol. The van der Waals surface area contributed by atoms with Crippen LogP contribution in [0.4, 0.5) is 34.1 Å². The van der Waals surface area contributed by atoms with Crippen LogP contribution in [0.25, 0.3) is 42.4 Å². The lowest BCUT2D eigenvalue weighted by atomic mass is 9.70. The molecule has 1 aromatic heterocycles. The van der Waals surface area contributed by atoms with Crippen molar-refractivity contribution in [1.82, 2.24) is 0 Å². The number of thiophene rings is 1. The Bertz CT molecular complexity index is 3150. The van der Waals surface area contributed by atoms with Crippen molar-refractivity contribution < 1.29 is 0 Å². The van der Waals surface area contributed by atoms with Gasteiger partial charge >= 0.3 is 0 Å². The minimum atomic E-state index is -0.493. The molecule has 0 saturated heterocycles. The van der Waals surface area contributed by atoms with E-state index in [1.165, 1.54) is 70.4 Å². The van der Waals surface area contributed by atoms with Crippen LogP contribution in [0.15, 0.2) is 218 Å². The zero-order chi connectivity index (χ0) is 38.2. The SMILES string of the molecule is c1ccc(N(c2ccccc2)c2ccc3c(c2)C2(c4ccccc4-c4cc(N(c5ccccc5)c5cccc6sc7ccccc7c56)ccc42)c2ccccc2-3)cc1. The molecule has 0 N–H and O–H groups in total. The zero-order valence-electron chi connectivity index (χ0n) is 31.6. The standard InChI is InChI=1S/C55H36N2S/c1-4-17-37(18-5-1)56(38-19-6-2-7-20-38)41-31-33-44-42-23-10-13-26-47(42)55(50(44)36-41)48-27-14-11-24-43(48)46-35-40(32-34-49(46)55)57(39-21-8-3-9-22-39)51-28-16-30-53-54(51)45-25-12-15-29-52(45)58-53/h1-36H. The molecule has 58 heavy (non-hydrogen) atoms. The van der Waals surface area contributed by atoms with Gasteiger partial charge in [0, 0.05) is 48.6 Å². The molecule has 0 fully saturated rings. The van der Waals surface area contributed by atoms with Gasteiger partial charge in [0.05, 0.1) is 11.1 Å². The maximum Gasteiger partial charge on any atom is 0.0726 e. The first-order valence-electron chi connectivity index (χ1n) is 19.9. The van der Waals surface area contributed by atoms with Crippen molar-refractivity contribution in [3.05, 3.63) is 241 Å². The molecule has 2 aliphatic rings. The second-order valence-electron chi connectivity index (χ2n) is 15.2. The lowest BCUT2D eigenvalue weighted by molar-refractivity contribution is 0.793. The third-order valence-electron chi connectivity index (χ3n) is 12.2. The minimum Gasteiger partial charge on any atom is -0.310 e. The van der Waals surface area contributed by atoms with E-state index in [2.05, 4.69) is 228 Å². The van der Waals surface area contributed by atoms with Crippen molar-refractivity contribution in [1.29, 1.82) is 0 Å². The maximum atomic E-state index is 2.47. The fourth-order valence-electron chi connectivity index (χ4n) is 9.95. The molecular formula is C55H36N2S. The molecule has 12 rings (SSSR count). The zero-order valence-corrected chi connectivity index (χ0v) is 32.4. The lowest BCUT2D eigenvalue weighted by Gasteiger charge is -2.32. The fourth-order valence-corrected chi connectivity index (χ4v) is 11.1. The molecule has 0 bridgehead atoms. The molecule has 1 spiro atoms. The number of hydrogen-bond donors (Lipinski definition) is 0. The normalized spacial score (nSPS) is 14.6. The van der Waals surface area contributed by atoms with Gasteiger partial charge in [-0.15, -0.1) is 11.3 Å². The number of hydrogen-bond acceptors (Lipinski definition) is 3. The number of anilines is 6. The van der Waals surface area contributed by atoms with E-state index < -0.39 is 5.41 Å². The maximum absolute atomic E-state index is 2.47. The molecule has 0 aliphatic heterocycles. The van der Waals surface area contributed by atoms with Crippen LogP contribution >= 0.6 is 11.3 Å². The summed E-state index contributed by atoms with van der Waals surface area (Å²) in [6, 6.07) is 80.4. The molecule has 1 heterocycles. The first-order chi connectivity index (χ1) is 28.8. The molecule has 0 radical (unpaired) electrons. The van der Waals surface area contributed by atoms with Crippen LogP contribution in [-0.2, 0) is 5.41 Å². The van der Waals surface area contributed by atoms with Gasteiger partial charge in [0.1, 0.15) is 0 Å². The highest BCUT2D eigenvalue weighted by molar-refractivity contribution is 7.26. The number of fused-ring (bicyclic) bond motifs is 13. The molecule has 3 heteroatoms. The fraction of sp³-hybridized carbons (Fsp3) is 0.0182. The van der Waals surface area contributed by atoms with Crippen molar-refractivity contribution in [3.8, 4) is 22.3 Å². The summed E-state index contributed by atoms with van der Waals surface area (Å²) in [5.74, 6) is 0.